The fraction of sp³-hybridized carbons (Fsp3) is 0.400. The van der Waals surface area contributed by atoms with Crippen LogP contribution in [0.25, 0.3) is 11.1 Å². The van der Waals surface area contributed by atoms with Crippen LogP contribution < -0.4 is 11.1 Å². The normalized spacial score (nSPS) is 17.7. The molecule has 1 aliphatic heterocycles. The van der Waals surface area contributed by atoms with E-state index in [9.17, 15) is 4.79 Å². The number of benzene rings is 1. The third-order valence-electron chi connectivity index (χ3n) is 5.09. The molecule has 1 aromatic carbocycles. The van der Waals surface area contributed by atoms with Crippen molar-refractivity contribution in [2.24, 2.45) is 11.1 Å². The molecule has 0 saturated carbocycles. The zero-order chi connectivity index (χ0) is 17.7. The average Bonchev–Trinajstić information content (AvgIpc) is 2.69. The van der Waals surface area contributed by atoms with Crippen LogP contribution in [0.4, 0.5) is 0 Å². The van der Waals surface area contributed by atoms with Crippen molar-refractivity contribution in [3.63, 3.8) is 0 Å². The molecule has 5 nitrogen and oxygen atoms in total. The van der Waals surface area contributed by atoms with E-state index in [-0.39, 0.29) is 11.9 Å². The highest BCUT2D eigenvalue weighted by Gasteiger charge is 2.39. The van der Waals surface area contributed by atoms with Crippen molar-refractivity contribution < 1.29 is 9.53 Å². The Balaban J connectivity index is 1.68. The minimum atomic E-state index is -0.497. The first-order valence-electron chi connectivity index (χ1n) is 8.74. The summed E-state index contributed by atoms with van der Waals surface area (Å²) in [6, 6.07) is 12.2. The standard InChI is InChI=1S/C20H25N3O2/c1-15(23-19(24)20(14-21)8-12-25-13-9-20)16-2-4-17(5-3-16)18-6-10-22-11-7-18/h2-7,10-11,15H,8-9,12-14,21H2,1H3,(H,23,24). The molecule has 1 amide bonds. The lowest BCUT2D eigenvalue weighted by Crippen LogP contribution is -2.49. The van der Waals surface area contributed by atoms with Gasteiger partial charge in [0, 0.05) is 32.2 Å². The molecule has 5 heteroatoms. The summed E-state index contributed by atoms with van der Waals surface area (Å²) in [6.07, 6.45) is 4.94. The van der Waals surface area contributed by atoms with Crippen molar-refractivity contribution >= 4 is 5.91 Å². The van der Waals surface area contributed by atoms with Crippen molar-refractivity contribution in [3.8, 4) is 11.1 Å². The third-order valence-corrected chi connectivity index (χ3v) is 5.09. The van der Waals surface area contributed by atoms with Gasteiger partial charge in [0.25, 0.3) is 0 Å². The van der Waals surface area contributed by atoms with Crippen LogP contribution in [0.15, 0.2) is 48.8 Å². The van der Waals surface area contributed by atoms with Crippen LogP contribution in [0.1, 0.15) is 31.4 Å². The molecule has 1 atom stereocenters. The lowest BCUT2D eigenvalue weighted by Gasteiger charge is -2.35. The van der Waals surface area contributed by atoms with Gasteiger partial charge in [-0.3, -0.25) is 9.78 Å². The molecule has 1 saturated heterocycles. The first-order valence-corrected chi connectivity index (χ1v) is 8.74. The van der Waals surface area contributed by atoms with E-state index in [4.69, 9.17) is 10.5 Å². The Morgan fingerprint density at radius 3 is 2.36 bits per heavy atom. The first kappa shape index (κ1) is 17.6. The molecule has 3 N–H and O–H groups in total. The van der Waals surface area contributed by atoms with Crippen LogP contribution in [0.2, 0.25) is 0 Å². The van der Waals surface area contributed by atoms with Gasteiger partial charge >= 0.3 is 0 Å². The van der Waals surface area contributed by atoms with Gasteiger partial charge in [0.05, 0.1) is 11.5 Å². The quantitative estimate of drug-likeness (QED) is 0.878. The Kier molecular flexibility index (Phi) is 5.46. The Morgan fingerprint density at radius 1 is 1.16 bits per heavy atom. The number of nitrogens with two attached hydrogens (primary N) is 1. The van der Waals surface area contributed by atoms with Gasteiger partial charge in [0.1, 0.15) is 0 Å². The smallest absolute Gasteiger partial charge is 0.228 e. The van der Waals surface area contributed by atoms with Gasteiger partial charge in [0.2, 0.25) is 5.91 Å². The molecule has 0 bridgehead atoms. The topological polar surface area (TPSA) is 77.2 Å². The van der Waals surface area contributed by atoms with Crippen LogP contribution >= 0.6 is 0 Å². The van der Waals surface area contributed by atoms with Gasteiger partial charge in [0.15, 0.2) is 0 Å². The molecule has 3 rings (SSSR count). The van der Waals surface area contributed by atoms with Crippen molar-refractivity contribution in [1.29, 1.82) is 0 Å². The van der Waals surface area contributed by atoms with E-state index < -0.39 is 5.41 Å². The van der Waals surface area contributed by atoms with Crippen molar-refractivity contribution in [3.05, 3.63) is 54.4 Å². The summed E-state index contributed by atoms with van der Waals surface area (Å²) in [4.78, 5) is 16.8. The number of nitrogens with one attached hydrogen (secondary N) is 1. The van der Waals surface area contributed by atoms with Gasteiger partial charge in [-0.25, -0.2) is 0 Å². The second-order valence-corrected chi connectivity index (χ2v) is 6.65. The number of nitrogens with zero attached hydrogens (tertiary/aromatic N) is 1. The number of rotatable bonds is 5. The molecule has 1 aromatic heterocycles. The zero-order valence-electron chi connectivity index (χ0n) is 14.6. The maximum atomic E-state index is 12.8. The summed E-state index contributed by atoms with van der Waals surface area (Å²) in [7, 11) is 0. The minimum Gasteiger partial charge on any atom is -0.381 e. The zero-order valence-corrected chi connectivity index (χ0v) is 14.6. The number of amides is 1. The molecule has 2 heterocycles. The van der Waals surface area contributed by atoms with Crippen LogP contribution in [0.3, 0.4) is 0 Å². The van der Waals surface area contributed by atoms with Gasteiger partial charge in [-0.15, -0.1) is 0 Å². The van der Waals surface area contributed by atoms with Gasteiger partial charge < -0.3 is 15.8 Å². The van der Waals surface area contributed by atoms with E-state index in [2.05, 4.69) is 34.6 Å². The summed E-state index contributed by atoms with van der Waals surface area (Å²) in [5.41, 5.74) is 8.75. The van der Waals surface area contributed by atoms with Crippen molar-refractivity contribution in [2.45, 2.75) is 25.8 Å². The Labute approximate surface area is 148 Å². The molecule has 25 heavy (non-hydrogen) atoms. The Bertz CT molecular complexity index is 695. The SMILES string of the molecule is CC(NC(=O)C1(CN)CCOCC1)c1ccc(-c2ccncc2)cc1. The monoisotopic (exact) mass is 339 g/mol. The van der Waals surface area contributed by atoms with E-state index in [1.54, 1.807) is 12.4 Å². The molecular weight excluding hydrogens is 314 g/mol. The number of ether oxygens (including phenoxy) is 1. The molecule has 2 aromatic rings. The van der Waals surface area contributed by atoms with Crippen molar-refractivity contribution in [1.82, 2.24) is 10.3 Å². The second kappa shape index (κ2) is 7.76. The predicted octanol–water partition coefficient (Wildman–Crippen LogP) is 2.68. The maximum Gasteiger partial charge on any atom is 0.228 e. The summed E-state index contributed by atoms with van der Waals surface area (Å²) in [5.74, 6) is 0.0315. The number of aromatic nitrogens is 1. The Morgan fingerprint density at radius 2 is 1.76 bits per heavy atom. The molecule has 1 unspecified atom stereocenters. The highest BCUT2D eigenvalue weighted by atomic mass is 16.5. The highest BCUT2D eigenvalue weighted by molar-refractivity contribution is 5.83. The summed E-state index contributed by atoms with van der Waals surface area (Å²) in [6.45, 7) is 3.55. The number of pyridine rings is 1. The van der Waals surface area contributed by atoms with E-state index in [1.165, 1.54) is 0 Å². The van der Waals surface area contributed by atoms with Crippen molar-refractivity contribution in [2.75, 3.05) is 19.8 Å². The molecular formula is C20H25N3O2. The van der Waals surface area contributed by atoms with E-state index in [1.807, 2.05) is 19.1 Å². The lowest BCUT2D eigenvalue weighted by atomic mass is 9.79. The average molecular weight is 339 g/mol. The van der Waals surface area contributed by atoms with Gasteiger partial charge in [-0.2, -0.15) is 0 Å². The maximum absolute atomic E-state index is 12.8. The molecule has 0 radical (unpaired) electrons. The largest absolute Gasteiger partial charge is 0.381 e. The number of carbonyl (C=O) groups excluding carboxylic acids is 1. The molecule has 0 spiro atoms. The van der Waals surface area contributed by atoms with Gasteiger partial charge in [-0.1, -0.05) is 24.3 Å². The molecule has 0 aliphatic carbocycles. The summed E-state index contributed by atoms with van der Waals surface area (Å²) in [5, 5.41) is 3.13. The highest BCUT2D eigenvalue weighted by Crippen LogP contribution is 2.30. The van der Waals surface area contributed by atoms with E-state index in [0.717, 1.165) is 16.7 Å². The summed E-state index contributed by atoms with van der Waals surface area (Å²) >= 11 is 0. The minimum absolute atomic E-state index is 0.0315. The first-order chi connectivity index (χ1) is 12.1. The van der Waals surface area contributed by atoms with Crippen LogP contribution in [0.5, 0.6) is 0 Å². The van der Waals surface area contributed by atoms with Crippen LogP contribution in [-0.4, -0.2) is 30.6 Å². The van der Waals surface area contributed by atoms with E-state index >= 15 is 0 Å². The van der Waals surface area contributed by atoms with E-state index in [0.29, 0.717) is 32.6 Å². The van der Waals surface area contributed by atoms with Crippen LogP contribution in [0, 0.1) is 5.41 Å². The molecule has 1 aliphatic rings. The molecule has 132 valence electrons. The Hall–Kier alpha value is -2.24. The second-order valence-electron chi connectivity index (χ2n) is 6.65. The molecule has 1 fully saturated rings. The fourth-order valence-corrected chi connectivity index (χ4v) is 3.23. The summed E-state index contributed by atoms with van der Waals surface area (Å²) < 4.78 is 5.38. The van der Waals surface area contributed by atoms with Crippen LogP contribution in [-0.2, 0) is 9.53 Å². The number of hydrogen-bond donors (Lipinski definition) is 2. The third kappa shape index (κ3) is 3.89. The lowest BCUT2D eigenvalue weighted by molar-refractivity contribution is -0.136. The number of carbonyl (C=O) groups is 1. The fourth-order valence-electron chi connectivity index (χ4n) is 3.23. The van der Waals surface area contributed by atoms with Gasteiger partial charge in [-0.05, 0) is 48.6 Å². The number of hydrogen-bond acceptors (Lipinski definition) is 4. The predicted molar refractivity (Wildman–Crippen MR) is 97.8 cm³/mol.